The molecule has 0 unspecified atom stereocenters. The van der Waals surface area contributed by atoms with Crippen molar-refractivity contribution in [2.24, 2.45) is 0 Å². The highest BCUT2D eigenvalue weighted by Crippen LogP contribution is 2.36. The van der Waals surface area contributed by atoms with Crippen LogP contribution >= 0.6 is 0 Å². The summed E-state index contributed by atoms with van der Waals surface area (Å²) < 4.78 is 18.7. The van der Waals surface area contributed by atoms with Crippen LogP contribution in [-0.4, -0.2) is 40.6 Å². The second kappa shape index (κ2) is 11.8. The van der Waals surface area contributed by atoms with Gasteiger partial charge in [-0.3, -0.25) is 19.2 Å². The van der Waals surface area contributed by atoms with Crippen molar-refractivity contribution in [2.45, 2.75) is 26.8 Å². The average molecular weight is 620 g/mol. The van der Waals surface area contributed by atoms with E-state index in [1.54, 1.807) is 81.4 Å². The second-order valence-corrected chi connectivity index (χ2v) is 11.1. The van der Waals surface area contributed by atoms with E-state index < -0.39 is 11.7 Å². The number of methoxy groups -OCH3 is 1. The van der Waals surface area contributed by atoms with E-state index in [1.165, 1.54) is 19.2 Å². The van der Waals surface area contributed by atoms with E-state index in [2.05, 4.69) is 25.9 Å². The summed E-state index contributed by atoms with van der Waals surface area (Å²) in [6.45, 7) is 5.31. The minimum atomic E-state index is -0.829. The average Bonchev–Trinajstić information content (AvgIpc) is 3.70. The number of H-pyrrole nitrogens is 2. The van der Waals surface area contributed by atoms with Crippen molar-refractivity contribution in [2.75, 3.05) is 17.7 Å². The molecule has 3 aromatic carbocycles. The van der Waals surface area contributed by atoms with Crippen molar-refractivity contribution in [1.82, 2.24) is 15.3 Å². The quantitative estimate of drug-likeness (QED) is 0.0814. The van der Waals surface area contributed by atoms with Crippen LogP contribution < -0.4 is 20.7 Å². The SMILES string of the molecule is COc1cccc2[nH]c(C(=O)C(=O)Nc3c(C)[nH]c(/C=C4\C(=O)Nc5ccc(C(=O)N[C@H](C)c6ccc(F)cc6)cc54)c3C)cc12. The van der Waals surface area contributed by atoms with Crippen molar-refractivity contribution in [3.63, 3.8) is 0 Å². The van der Waals surface area contributed by atoms with Gasteiger partial charge in [0.2, 0.25) is 0 Å². The highest BCUT2D eigenvalue weighted by molar-refractivity contribution is 6.46. The zero-order valence-corrected chi connectivity index (χ0v) is 25.4. The van der Waals surface area contributed by atoms with Crippen LogP contribution in [0.1, 0.15) is 61.9 Å². The maximum Gasteiger partial charge on any atom is 0.298 e. The third-order valence-corrected chi connectivity index (χ3v) is 8.08. The van der Waals surface area contributed by atoms with Gasteiger partial charge < -0.3 is 30.7 Å². The Morgan fingerprint density at radius 2 is 1.74 bits per heavy atom. The largest absolute Gasteiger partial charge is 0.496 e. The lowest BCUT2D eigenvalue weighted by atomic mass is 10.0. The molecular weight excluding hydrogens is 589 g/mol. The maximum atomic E-state index is 13.3. The monoisotopic (exact) mass is 619 g/mol. The first-order chi connectivity index (χ1) is 22.0. The van der Waals surface area contributed by atoms with Crippen LogP contribution in [-0.2, 0) is 9.59 Å². The fourth-order valence-electron chi connectivity index (χ4n) is 5.56. The maximum absolute atomic E-state index is 13.3. The second-order valence-electron chi connectivity index (χ2n) is 11.1. The van der Waals surface area contributed by atoms with Crippen LogP contribution in [0.25, 0.3) is 22.6 Å². The molecule has 0 saturated heterocycles. The number of nitrogens with one attached hydrogen (secondary N) is 5. The number of fused-ring (bicyclic) bond motifs is 2. The summed E-state index contributed by atoms with van der Waals surface area (Å²) in [6, 6.07) is 17.3. The molecule has 0 bridgehead atoms. The fourth-order valence-corrected chi connectivity index (χ4v) is 5.56. The van der Waals surface area contributed by atoms with Crippen LogP contribution in [0.15, 0.2) is 66.7 Å². The lowest BCUT2D eigenvalue weighted by molar-refractivity contribution is -0.112. The Bertz CT molecular complexity index is 2090. The van der Waals surface area contributed by atoms with Gasteiger partial charge in [0, 0.05) is 39.1 Å². The first-order valence-electron chi connectivity index (χ1n) is 14.5. The standard InChI is InChI=1S/C35H30FN5O5/c1-17-28(37-19(3)31(17)41-35(45)32(42)29-16-25-26(39-29)6-5-7-30(25)46-4)15-24-23-14-21(10-13-27(23)40-34(24)44)33(43)38-18(2)20-8-11-22(36)12-9-20/h5-16,18,37,39H,1-4H3,(H,38,43)(H,40,44)(H,41,45)/b24-15-/t18-/m1/s1. The molecule has 0 spiro atoms. The number of ether oxygens (including phenoxy) is 1. The number of anilines is 2. The number of rotatable bonds is 8. The lowest BCUT2D eigenvalue weighted by Crippen LogP contribution is -2.26. The number of carbonyl (C=O) groups is 4. The van der Waals surface area contributed by atoms with Crippen LogP contribution in [0.2, 0.25) is 0 Å². The van der Waals surface area contributed by atoms with Gasteiger partial charge in [-0.2, -0.15) is 0 Å². The molecular formula is C35H30FN5O5. The van der Waals surface area contributed by atoms with Gasteiger partial charge in [0.05, 0.1) is 30.1 Å². The number of aryl methyl sites for hydroxylation is 1. The van der Waals surface area contributed by atoms with Crippen molar-refractivity contribution in [3.8, 4) is 5.75 Å². The molecule has 3 heterocycles. The van der Waals surface area contributed by atoms with Crippen LogP contribution in [0.4, 0.5) is 15.8 Å². The number of aromatic amines is 2. The van der Waals surface area contributed by atoms with Gasteiger partial charge in [-0.25, -0.2) is 4.39 Å². The molecule has 1 aliphatic rings. The Morgan fingerprint density at radius 3 is 2.48 bits per heavy atom. The number of Topliss-reactive ketones (excluding diaryl/α,β-unsaturated/α-hetero) is 1. The van der Waals surface area contributed by atoms with E-state index >= 15 is 0 Å². The van der Waals surface area contributed by atoms with E-state index in [1.807, 2.05) is 0 Å². The predicted octanol–water partition coefficient (Wildman–Crippen LogP) is 6.07. The summed E-state index contributed by atoms with van der Waals surface area (Å²) in [5, 5.41) is 9.11. The van der Waals surface area contributed by atoms with Crippen molar-refractivity contribution < 1.29 is 28.3 Å². The normalized spacial score (nSPS) is 13.8. The zero-order valence-electron chi connectivity index (χ0n) is 25.4. The van der Waals surface area contributed by atoms with Gasteiger partial charge >= 0.3 is 0 Å². The van der Waals surface area contributed by atoms with Gasteiger partial charge in [-0.15, -0.1) is 0 Å². The Balaban J connectivity index is 1.23. The Morgan fingerprint density at radius 1 is 0.978 bits per heavy atom. The van der Waals surface area contributed by atoms with Crippen LogP contribution in [0, 0.1) is 19.7 Å². The third-order valence-electron chi connectivity index (χ3n) is 8.08. The molecule has 1 aliphatic heterocycles. The van der Waals surface area contributed by atoms with E-state index in [0.717, 1.165) is 5.56 Å². The van der Waals surface area contributed by atoms with Crippen LogP contribution in [0.5, 0.6) is 5.75 Å². The molecule has 6 rings (SSSR count). The molecule has 3 amide bonds. The molecule has 5 aromatic rings. The minimum absolute atomic E-state index is 0.122. The molecule has 5 N–H and O–H groups in total. The topological polar surface area (TPSA) is 145 Å². The number of hydrogen-bond donors (Lipinski definition) is 5. The predicted molar refractivity (Wildman–Crippen MR) is 173 cm³/mol. The Hall–Kier alpha value is -5.97. The first kappa shape index (κ1) is 30.1. The lowest BCUT2D eigenvalue weighted by Gasteiger charge is -2.15. The van der Waals surface area contributed by atoms with E-state index in [-0.39, 0.29) is 29.4 Å². The van der Waals surface area contributed by atoms with Gasteiger partial charge in [-0.1, -0.05) is 18.2 Å². The number of aromatic nitrogens is 2. The zero-order chi connectivity index (χ0) is 32.7. The van der Waals surface area contributed by atoms with Gasteiger partial charge in [-0.05, 0) is 86.5 Å². The van der Waals surface area contributed by atoms with Gasteiger partial charge in [0.25, 0.3) is 23.5 Å². The Labute approximate surface area is 263 Å². The molecule has 46 heavy (non-hydrogen) atoms. The van der Waals surface area contributed by atoms with Crippen molar-refractivity contribution in [3.05, 3.63) is 112 Å². The van der Waals surface area contributed by atoms with Crippen molar-refractivity contribution >= 4 is 57.4 Å². The summed E-state index contributed by atoms with van der Waals surface area (Å²) in [6.07, 6.45) is 1.65. The summed E-state index contributed by atoms with van der Waals surface area (Å²) >= 11 is 0. The van der Waals surface area contributed by atoms with E-state index in [4.69, 9.17) is 4.74 Å². The van der Waals surface area contributed by atoms with Gasteiger partial charge in [0.1, 0.15) is 11.6 Å². The smallest absolute Gasteiger partial charge is 0.298 e. The Kier molecular flexibility index (Phi) is 7.74. The summed E-state index contributed by atoms with van der Waals surface area (Å²) in [5.74, 6) is -2.07. The fraction of sp³-hybridized carbons (Fsp3) is 0.143. The number of halogens is 1. The number of ketones is 1. The van der Waals surface area contributed by atoms with E-state index in [0.29, 0.717) is 61.7 Å². The summed E-state index contributed by atoms with van der Waals surface area (Å²) in [7, 11) is 1.53. The highest BCUT2D eigenvalue weighted by atomic mass is 19.1. The third kappa shape index (κ3) is 5.54. The summed E-state index contributed by atoms with van der Waals surface area (Å²) in [4.78, 5) is 58.3. The van der Waals surface area contributed by atoms with Gasteiger partial charge in [0.15, 0.2) is 0 Å². The molecule has 0 radical (unpaired) electrons. The molecule has 232 valence electrons. The van der Waals surface area contributed by atoms with Crippen molar-refractivity contribution in [1.29, 1.82) is 0 Å². The molecule has 0 saturated carbocycles. The number of amides is 3. The molecule has 1 atom stereocenters. The number of hydrogen-bond acceptors (Lipinski definition) is 5. The molecule has 0 aliphatic carbocycles. The first-order valence-corrected chi connectivity index (χ1v) is 14.5. The molecule has 11 heteroatoms. The highest BCUT2D eigenvalue weighted by Gasteiger charge is 2.27. The molecule has 2 aromatic heterocycles. The number of carbonyl (C=O) groups excluding carboxylic acids is 4. The van der Waals surface area contributed by atoms with E-state index in [9.17, 15) is 23.6 Å². The summed E-state index contributed by atoms with van der Waals surface area (Å²) in [5.41, 5.74) is 5.46. The molecule has 10 nitrogen and oxygen atoms in total. The minimum Gasteiger partial charge on any atom is -0.496 e. The van der Waals surface area contributed by atoms with Crippen LogP contribution in [0.3, 0.4) is 0 Å². The molecule has 0 fully saturated rings. The number of benzene rings is 3.